The predicted molar refractivity (Wildman–Crippen MR) is 149 cm³/mol. The van der Waals surface area contributed by atoms with E-state index < -0.39 is 36.2 Å². The van der Waals surface area contributed by atoms with Crippen molar-refractivity contribution in [2.75, 3.05) is 13.7 Å². The zero-order valence-corrected chi connectivity index (χ0v) is 23.9. The van der Waals surface area contributed by atoms with Crippen LogP contribution in [0.4, 0.5) is 13.2 Å². The Morgan fingerprint density at radius 1 is 1.07 bits per heavy atom. The van der Waals surface area contributed by atoms with Crippen LogP contribution in [-0.4, -0.2) is 54.7 Å². The van der Waals surface area contributed by atoms with E-state index >= 15 is 0 Å². The molecular formula is C29H33ClF3N3O5. The fraction of sp³-hybridized carbons (Fsp3) is 0.414. The molecule has 3 rings (SSSR count). The number of carbonyl (C=O) groups is 3. The van der Waals surface area contributed by atoms with Crippen LogP contribution in [0, 0.1) is 5.92 Å². The molecule has 0 spiro atoms. The summed E-state index contributed by atoms with van der Waals surface area (Å²) in [7, 11) is 1.27. The number of fused-ring (bicyclic) bond motifs is 1. The van der Waals surface area contributed by atoms with Gasteiger partial charge in [0.05, 0.1) is 18.2 Å². The molecule has 3 N–H and O–H groups in total. The molecule has 3 atom stereocenters. The molecule has 41 heavy (non-hydrogen) atoms. The Bertz CT molecular complexity index is 1380. The summed E-state index contributed by atoms with van der Waals surface area (Å²) in [6.45, 7) is 5.62. The Morgan fingerprint density at radius 3 is 2.41 bits per heavy atom. The molecule has 0 unspecified atom stereocenters. The number of methoxy groups -OCH3 is 1. The molecule has 0 fully saturated rings. The number of alkyl halides is 3. The predicted octanol–water partition coefficient (Wildman–Crippen LogP) is 5.51. The van der Waals surface area contributed by atoms with Gasteiger partial charge in [0.15, 0.2) is 0 Å². The number of H-pyrrole nitrogens is 1. The summed E-state index contributed by atoms with van der Waals surface area (Å²) in [5.41, 5.74) is 2.11. The number of halogens is 4. The number of hydrogen-bond acceptors (Lipinski definition) is 6. The second kappa shape index (κ2) is 13.9. The van der Waals surface area contributed by atoms with Gasteiger partial charge in [-0.05, 0) is 55.0 Å². The minimum Gasteiger partial charge on any atom is -0.467 e. The summed E-state index contributed by atoms with van der Waals surface area (Å²) in [5, 5.41) is 6.96. The van der Waals surface area contributed by atoms with Crippen LogP contribution in [-0.2, 0) is 25.5 Å². The third-order valence-electron chi connectivity index (χ3n) is 6.42. The molecular weight excluding hydrogens is 563 g/mol. The van der Waals surface area contributed by atoms with Crippen LogP contribution >= 0.6 is 11.6 Å². The zero-order chi connectivity index (χ0) is 30.3. The number of hydrogen-bond donors (Lipinski definition) is 3. The van der Waals surface area contributed by atoms with Crippen LogP contribution < -0.4 is 10.6 Å². The normalized spacial score (nSPS) is 14.0. The van der Waals surface area contributed by atoms with Gasteiger partial charge in [-0.25, -0.2) is 9.59 Å². The summed E-state index contributed by atoms with van der Waals surface area (Å²) >= 11 is 6.00. The molecule has 8 nitrogen and oxygen atoms in total. The number of nitrogens with one attached hydrogen (secondary N) is 3. The molecule has 3 aromatic rings. The SMILES string of the molecule is COC(=O)[C@H](CC(C)C)NC(=O)c1cccc2c(C[C@@H](C)NC[C@H](OC(=O)C(F)(F)F)c3cccc(Cl)c3)c[nH]c12. The molecule has 0 aliphatic rings. The summed E-state index contributed by atoms with van der Waals surface area (Å²) in [6, 6.07) is 10.3. The number of carbonyl (C=O) groups excluding carboxylic acids is 3. The Kier molecular flexibility index (Phi) is 10.8. The van der Waals surface area contributed by atoms with E-state index in [0.717, 1.165) is 10.9 Å². The van der Waals surface area contributed by atoms with Crippen molar-refractivity contribution in [3.8, 4) is 0 Å². The molecule has 1 aromatic heterocycles. The van der Waals surface area contributed by atoms with Crippen molar-refractivity contribution >= 4 is 40.3 Å². The number of esters is 2. The topological polar surface area (TPSA) is 110 Å². The van der Waals surface area contributed by atoms with Crippen molar-refractivity contribution in [1.29, 1.82) is 0 Å². The summed E-state index contributed by atoms with van der Waals surface area (Å²) in [6.07, 6.45) is -3.75. The van der Waals surface area contributed by atoms with Gasteiger partial charge < -0.3 is 25.1 Å². The summed E-state index contributed by atoms with van der Waals surface area (Å²) in [5.74, 6) is -3.09. The van der Waals surface area contributed by atoms with Crippen molar-refractivity contribution < 1.29 is 37.0 Å². The first-order valence-electron chi connectivity index (χ1n) is 13.0. The quantitative estimate of drug-likeness (QED) is 0.238. The number of ether oxygens (including phenoxy) is 2. The average molecular weight is 596 g/mol. The number of benzene rings is 2. The first-order chi connectivity index (χ1) is 19.3. The number of amides is 1. The lowest BCUT2D eigenvalue weighted by molar-refractivity contribution is -0.205. The molecule has 0 saturated heterocycles. The number of para-hydroxylation sites is 1. The third-order valence-corrected chi connectivity index (χ3v) is 6.66. The lowest BCUT2D eigenvalue weighted by Gasteiger charge is -2.22. The Labute approximate surface area is 240 Å². The van der Waals surface area contributed by atoms with Gasteiger partial charge in [-0.2, -0.15) is 13.2 Å². The first kappa shape index (κ1) is 32.0. The Morgan fingerprint density at radius 2 is 1.78 bits per heavy atom. The monoisotopic (exact) mass is 595 g/mol. The maximum Gasteiger partial charge on any atom is 0.490 e. The first-order valence-corrected chi connectivity index (χ1v) is 13.4. The fourth-order valence-electron chi connectivity index (χ4n) is 4.47. The molecule has 1 amide bonds. The van der Waals surface area contributed by atoms with E-state index in [2.05, 4.69) is 15.6 Å². The number of aromatic amines is 1. The van der Waals surface area contributed by atoms with Gasteiger partial charge in [0, 0.05) is 29.2 Å². The summed E-state index contributed by atoms with van der Waals surface area (Å²) < 4.78 is 48.3. The van der Waals surface area contributed by atoms with Crippen molar-refractivity contribution in [3.05, 3.63) is 70.4 Å². The standard InChI is InChI=1S/C29H33ClF3N3O5/c1-16(2)11-23(27(38)40-4)36-26(37)22-10-6-9-21-19(14-35-25(21)22)12-17(3)34-15-24(41-28(39)29(31,32)33)18-7-5-8-20(30)13-18/h5-10,13-14,16-17,23-24,34-35H,11-12,15H2,1-4H3,(H,36,37)/t17-,23+,24+/m1/s1. The third kappa shape index (κ3) is 8.71. The van der Waals surface area contributed by atoms with Gasteiger partial charge in [0.1, 0.15) is 12.1 Å². The van der Waals surface area contributed by atoms with Gasteiger partial charge in [-0.15, -0.1) is 0 Å². The van der Waals surface area contributed by atoms with Gasteiger partial charge in [-0.1, -0.05) is 49.7 Å². The highest BCUT2D eigenvalue weighted by molar-refractivity contribution is 6.30. The van der Waals surface area contributed by atoms with Crippen LogP contribution in [0.5, 0.6) is 0 Å². The van der Waals surface area contributed by atoms with Gasteiger partial charge in [0.2, 0.25) is 0 Å². The number of rotatable bonds is 12. The van der Waals surface area contributed by atoms with Crippen molar-refractivity contribution in [1.82, 2.24) is 15.6 Å². The molecule has 2 aromatic carbocycles. The van der Waals surface area contributed by atoms with E-state index in [-0.39, 0.29) is 18.5 Å². The lowest BCUT2D eigenvalue weighted by atomic mass is 10.0. The largest absolute Gasteiger partial charge is 0.490 e. The highest BCUT2D eigenvalue weighted by Crippen LogP contribution is 2.27. The molecule has 0 aliphatic carbocycles. The summed E-state index contributed by atoms with van der Waals surface area (Å²) in [4.78, 5) is 40.0. The smallest absolute Gasteiger partial charge is 0.467 e. The minimum atomic E-state index is -5.14. The van der Waals surface area contributed by atoms with Crippen LogP contribution in [0.25, 0.3) is 10.9 Å². The minimum absolute atomic E-state index is 0.0931. The molecule has 222 valence electrons. The maximum absolute atomic E-state index is 13.1. The molecule has 0 saturated carbocycles. The molecule has 0 radical (unpaired) electrons. The van der Waals surface area contributed by atoms with Crippen LogP contribution in [0.3, 0.4) is 0 Å². The second-order valence-electron chi connectivity index (χ2n) is 10.2. The average Bonchev–Trinajstić information content (AvgIpc) is 3.31. The van der Waals surface area contributed by atoms with Crippen LogP contribution in [0.15, 0.2) is 48.7 Å². The number of aromatic nitrogens is 1. The lowest BCUT2D eigenvalue weighted by Crippen LogP contribution is -2.42. The van der Waals surface area contributed by atoms with E-state index in [1.54, 1.807) is 30.5 Å². The van der Waals surface area contributed by atoms with Crippen molar-refractivity contribution in [2.24, 2.45) is 5.92 Å². The van der Waals surface area contributed by atoms with Gasteiger partial charge >= 0.3 is 18.1 Å². The zero-order valence-electron chi connectivity index (χ0n) is 23.1. The van der Waals surface area contributed by atoms with Crippen LogP contribution in [0.1, 0.15) is 54.8 Å². The maximum atomic E-state index is 13.1. The van der Waals surface area contributed by atoms with Crippen molar-refractivity contribution in [3.63, 3.8) is 0 Å². The van der Waals surface area contributed by atoms with Gasteiger partial charge in [-0.3, -0.25) is 4.79 Å². The molecule has 12 heteroatoms. The second-order valence-corrected chi connectivity index (χ2v) is 10.6. The van der Waals surface area contributed by atoms with Gasteiger partial charge in [0.25, 0.3) is 5.91 Å². The fourth-order valence-corrected chi connectivity index (χ4v) is 4.67. The molecule has 0 aliphatic heterocycles. The Balaban J connectivity index is 1.74. The van der Waals surface area contributed by atoms with E-state index in [4.69, 9.17) is 21.1 Å². The molecule has 1 heterocycles. The molecule has 0 bridgehead atoms. The Hall–Kier alpha value is -3.57. The van der Waals surface area contributed by atoms with Crippen LogP contribution in [0.2, 0.25) is 5.02 Å². The van der Waals surface area contributed by atoms with Crippen molar-refractivity contribution in [2.45, 2.75) is 58.0 Å². The highest BCUT2D eigenvalue weighted by atomic mass is 35.5. The highest BCUT2D eigenvalue weighted by Gasteiger charge is 2.42. The van der Waals surface area contributed by atoms with E-state index in [1.807, 2.05) is 26.8 Å². The van der Waals surface area contributed by atoms with E-state index in [1.165, 1.54) is 19.2 Å². The van der Waals surface area contributed by atoms with E-state index in [9.17, 15) is 27.6 Å². The van der Waals surface area contributed by atoms with E-state index in [0.29, 0.717) is 34.5 Å².